The summed E-state index contributed by atoms with van der Waals surface area (Å²) in [4.78, 5) is 9.38. The van der Waals surface area contributed by atoms with E-state index < -0.39 is 9.84 Å². The van der Waals surface area contributed by atoms with Gasteiger partial charge in [-0.3, -0.25) is 5.43 Å². The van der Waals surface area contributed by atoms with E-state index in [2.05, 4.69) is 31.1 Å². The van der Waals surface area contributed by atoms with Crippen molar-refractivity contribution in [1.82, 2.24) is 9.97 Å². The van der Waals surface area contributed by atoms with E-state index in [9.17, 15) is 8.42 Å². The molecule has 0 amide bonds. The van der Waals surface area contributed by atoms with Crippen molar-refractivity contribution in [2.24, 2.45) is 5.10 Å². The Morgan fingerprint density at radius 1 is 0.789 bits per heavy atom. The standard InChI is InChI=1S/C27H28N6O4S/c1-18(19-10-13-22(14-11-19)38(4,34)35)32-33-26-17-25(28-21-12-15-23(36-2)24(16-21)37-3)30-27(31-26)29-20-8-6-5-7-9-20/h5-17H,1-4H3,(H3,28,29,30,31,33). The van der Waals surface area contributed by atoms with Crippen LogP contribution in [-0.4, -0.2) is 44.6 Å². The van der Waals surface area contributed by atoms with Gasteiger partial charge >= 0.3 is 0 Å². The van der Waals surface area contributed by atoms with Gasteiger partial charge in [0.1, 0.15) is 5.82 Å². The molecule has 0 atom stereocenters. The number of para-hydroxylation sites is 1. The number of rotatable bonds is 10. The smallest absolute Gasteiger partial charge is 0.231 e. The molecule has 0 aliphatic carbocycles. The Morgan fingerprint density at radius 3 is 2.13 bits per heavy atom. The highest BCUT2D eigenvalue weighted by Gasteiger charge is 2.10. The first-order chi connectivity index (χ1) is 18.2. The Morgan fingerprint density at radius 2 is 1.47 bits per heavy atom. The first kappa shape index (κ1) is 26.4. The molecule has 3 aromatic carbocycles. The molecule has 0 unspecified atom stereocenters. The Balaban J connectivity index is 1.61. The van der Waals surface area contributed by atoms with Gasteiger partial charge in [-0.2, -0.15) is 15.1 Å². The zero-order valence-corrected chi connectivity index (χ0v) is 22.2. The predicted molar refractivity (Wildman–Crippen MR) is 150 cm³/mol. The Labute approximate surface area is 221 Å². The molecule has 0 saturated carbocycles. The van der Waals surface area contributed by atoms with Gasteiger partial charge in [0.05, 0.1) is 24.8 Å². The van der Waals surface area contributed by atoms with Gasteiger partial charge in [-0.1, -0.05) is 30.3 Å². The number of hydrazone groups is 1. The molecule has 0 spiro atoms. The topological polar surface area (TPSA) is 127 Å². The van der Waals surface area contributed by atoms with Crippen LogP contribution in [0.3, 0.4) is 0 Å². The van der Waals surface area contributed by atoms with Crippen molar-refractivity contribution < 1.29 is 17.9 Å². The summed E-state index contributed by atoms with van der Waals surface area (Å²) in [6.45, 7) is 1.82. The van der Waals surface area contributed by atoms with Crippen molar-refractivity contribution in [2.45, 2.75) is 11.8 Å². The maximum absolute atomic E-state index is 11.7. The van der Waals surface area contributed by atoms with E-state index in [0.29, 0.717) is 34.8 Å². The summed E-state index contributed by atoms with van der Waals surface area (Å²) in [5, 5.41) is 10.9. The first-order valence-electron chi connectivity index (χ1n) is 11.6. The first-order valence-corrected chi connectivity index (χ1v) is 13.5. The van der Waals surface area contributed by atoms with Gasteiger partial charge in [0.25, 0.3) is 0 Å². The van der Waals surface area contributed by atoms with E-state index in [0.717, 1.165) is 16.9 Å². The number of nitrogens with zero attached hydrogens (tertiary/aromatic N) is 3. The number of ether oxygens (including phenoxy) is 2. The molecule has 4 aromatic rings. The molecule has 11 heteroatoms. The summed E-state index contributed by atoms with van der Waals surface area (Å²) in [5.74, 6) is 2.50. The van der Waals surface area contributed by atoms with Crippen molar-refractivity contribution in [3.8, 4) is 11.5 Å². The van der Waals surface area contributed by atoms with Crippen LogP contribution in [0.25, 0.3) is 0 Å². The molecule has 1 heterocycles. The minimum absolute atomic E-state index is 0.250. The van der Waals surface area contributed by atoms with E-state index in [-0.39, 0.29) is 4.90 Å². The minimum Gasteiger partial charge on any atom is -0.493 e. The normalized spacial score (nSPS) is 11.5. The van der Waals surface area contributed by atoms with Crippen LogP contribution in [-0.2, 0) is 9.84 Å². The van der Waals surface area contributed by atoms with Crippen LogP contribution in [0.15, 0.2) is 88.9 Å². The number of anilines is 5. The van der Waals surface area contributed by atoms with Crippen LogP contribution >= 0.6 is 0 Å². The summed E-state index contributed by atoms with van der Waals surface area (Å²) in [6.07, 6.45) is 1.17. The lowest BCUT2D eigenvalue weighted by atomic mass is 10.1. The maximum atomic E-state index is 11.7. The second-order valence-electron chi connectivity index (χ2n) is 8.25. The van der Waals surface area contributed by atoms with Gasteiger partial charge in [-0.05, 0) is 48.9 Å². The van der Waals surface area contributed by atoms with Crippen LogP contribution in [0.1, 0.15) is 12.5 Å². The van der Waals surface area contributed by atoms with Crippen molar-refractivity contribution >= 4 is 44.5 Å². The Kier molecular flexibility index (Phi) is 8.07. The minimum atomic E-state index is -3.27. The van der Waals surface area contributed by atoms with Crippen molar-refractivity contribution in [3.63, 3.8) is 0 Å². The van der Waals surface area contributed by atoms with E-state index in [4.69, 9.17) is 9.47 Å². The maximum Gasteiger partial charge on any atom is 0.231 e. The van der Waals surface area contributed by atoms with E-state index in [1.807, 2.05) is 43.3 Å². The third-order valence-corrected chi connectivity index (χ3v) is 6.58. The lowest BCUT2D eigenvalue weighted by Gasteiger charge is -2.13. The average molecular weight is 533 g/mol. The molecule has 0 radical (unpaired) electrons. The Bertz CT molecular complexity index is 1540. The molecule has 196 valence electrons. The predicted octanol–water partition coefficient (Wildman–Crippen LogP) is 5.22. The van der Waals surface area contributed by atoms with Crippen molar-refractivity contribution in [3.05, 3.63) is 84.4 Å². The van der Waals surface area contributed by atoms with E-state index >= 15 is 0 Å². The molecule has 0 aliphatic heterocycles. The molecule has 1 aromatic heterocycles. The highest BCUT2D eigenvalue weighted by molar-refractivity contribution is 7.90. The molecule has 3 N–H and O–H groups in total. The fraction of sp³-hybridized carbons (Fsp3) is 0.148. The summed E-state index contributed by atoms with van der Waals surface area (Å²) in [7, 11) is -0.116. The third kappa shape index (κ3) is 6.77. The van der Waals surface area contributed by atoms with Crippen LogP contribution in [0.5, 0.6) is 11.5 Å². The molecule has 0 saturated heterocycles. The molecule has 0 bridgehead atoms. The van der Waals surface area contributed by atoms with Crippen molar-refractivity contribution in [1.29, 1.82) is 0 Å². The summed E-state index contributed by atoms with van der Waals surface area (Å²) in [6, 6.07) is 23.3. The monoisotopic (exact) mass is 532 g/mol. The lowest BCUT2D eigenvalue weighted by molar-refractivity contribution is 0.355. The fourth-order valence-electron chi connectivity index (χ4n) is 3.49. The number of nitrogens with one attached hydrogen (secondary N) is 3. The zero-order valence-electron chi connectivity index (χ0n) is 21.4. The second kappa shape index (κ2) is 11.6. The van der Waals surface area contributed by atoms with Crippen LogP contribution in [0, 0.1) is 0 Å². The number of sulfone groups is 1. The molecule has 0 fully saturated rings. The Hall–Kier alpha value is -4.64. The van der Waals surface area contributed by atoms with Gasteiger partial charge in [0, 0.05) is 29.8 Å². The second-order valence-corrected chi connectivity index (χ2v) is 10.3. The summed E-state index contributed by atoms with van der Waals surface area (Å²) in [5.41, 5.74) is 5.96. The fourth-order valence-corrected chi connectivity index (χ4v) is 4.12. The summed E-state index contributed by atoms with van der Waals surface area (Å²) >= 11 is 0. The molecule has 0 aliphatic rings. The van der Waals surface area contributed by atoms with Gasteiger partial charge in [-0.15, -0.1) is 0 Å². The number of benzene rings is 3. The van der Waals surface area contributed by atoms with Crippen LogP contribution in [0.4, 0.5) is 29.0 Å². The van der Waals surface area contributed by atoms with Crippen LogP contribution in [0.2, 0.25) is 0 Å². The zero-order chi connectivity index (χ0) is 27.1. The largest absolute Gasteiger partial charge is 0.493 e. The number of methoxy groups -OCH3 is 2. The van der Waals surface area contributed by atoms with Crippen molar-refractivity contribution in [2.75, 3.05) is 36.5 Å². The molecular formula is C27H28N6O4S. The molecule has 10 nitrogen and oxygen atoms in total. The van der Waals surface area contributed by atoms with E-state index in [1.54, 1.807) is 56.7 Å². The third-order valence-electron chi connectivity index (χ3n) is 5.45. The quantitative estimate of drug-likeness (QED) is 0.186. The van der Waals surface area contributed by atoms with Gasteiger partial charge in [-0.25, -0.2) is 8.42 Å². The van der Waals surface area contributed by atoms with Gasteiger partial charge in [0.2, 0.25) is 5.95 Å². The molecule has 38 heavy (non-hydrogen) atoms. The number of hydrogen-bond acceptors (Lipinski definition) is 10. The number of aromatic nitrogens is 2. The highest BCUT2D eigenvalue weighted by atomic mass is 32.2. The average Bonchev–Trinajstić information content (AvgIpc) is 2.91. The SMILES string of the molecule is COc1ccc(Nc2cc(NN=C(C)c3ccc(S(C)(=O)=O)cc3)nc(Nc3ccccc3)n2)cc1OC. The lowest BCUT2D eigenvalue weighted by Crippen LogP contribution is -2.06. The van der Waals surface area contributed by atoms with Crippen LogP contribution < -0.4 is 25.5 Å². The van der Waals surface area contributed by atoms with E-state index in [1.165, 1.54) is 6.26 Å². The summed E-state index contributed by atoms with van der Waals surface area (Å²) < 4.78 is 34.2. The van der Waals surface area contributed by atoms with Gasteiger partial charge in [0.15, 0.2) is 27.2 Å². The van der Waals surface area contributed by atoms with Gasteiger partial charge < -0.3 is 20.1 Å². The highest BCUT2D eigenvalue weighted by Crippen LogP contribution is 2.31. The number of hydrogen-bond donors (Lipinski definition) is 3. The molecular weight excluding hydrogens is 504 g/mol. The molecule has 4 rings (SSSR count).